The molecule has 1 heterocycles. The molecule has 0 radical (unpaired) electrons. The van der Waals surface area contributed by atoms with E-state index in [0.717, 1.165) is 16.9 Å². The third-order valence-corrected chi connectivity index (χ3v) is 3.21. The normalized spacial score (nSPS) is 11.8. The summed E-state index contributed by atoms with van der Waals surface area (Å²) in [7, 11) is 3.01. The van der Waals surface area contributed by atoms with Crippen molar-refractivity contribution in [1.29, 1.82) is 0 Å². The molecule has 0 fully saturated rings. The molecule has 0 aliphatic heterocycles. The highest BCUT2D eigenvalue weighted by atomic mass is 16.5. The zero-order valence-electron chi connectivity index (χ0n) is 11.9. The second kappa shape index (κ2) is 6.19. The van der Waals surface area contributed by atoms with Crippen LogP contribution in [0.2, 0.25) is 0 Å². The number of nitrogens with zero attached hydrogens (tertiary/aromatic N) is 1. The highest BCUT2D eigenvalue weighted by molar-refractivity contribution is 5.76. The Labute approximate surface area is 118 Å². The lowest BCUT2D eigenvalue weighted by Gasteiger charge is -2.12. The minimum Gasteiger partial charge on any atom is -0.496 e. The van der Waals surface area contributed by atoms with Crippen LogP contribution >= 0.6 is 0 Å². The lowest BCUT2D eigenvalue weighted by Crippen LogP contribution is -2.44. The van der Waals surface area contributed by atoms with Crippen molar-refractivity contribution in [3.63, 3.8) is 0 Å². The Morgan fingerprint density at radius 3 is 2.45 bits per heavy atom. The lowest BCUT2D eigenvalue weighted by molar-refractivity contribution is -0.702. The Balaban J connectivity index is 2.50. The third-order valence-electron chi connectivity index (χ3n) is 3.21. The first-order chi connectivity index (χ1) is 9.67. The van der Waals surface area contributed by atoms with Crippen LogP contribution < -0.4 is 9.30 Å². The van der Waals surface area contributed by atoms with Gasteiger partial charge in [-0.3, -0.25) is 0 Å². The lowest BCUT2D eigenvalue weighted by atomic mass is 10.0. The summed E-state index contributed by atoms with van der Waals surface area (Å²) >= 11 is 0. The van der Waals surface area contributed by atoms with Crippen LogP contribution in [0.15, 0.2) is 48.8 Å². The van der Waals surface area contributed by atoms with Crippen LogP contribution in [0.1, 0.15) is 17.2 Å². The molecule has 1 aromatic heterocycles. The van der Waals surface area contributed by atoms with E-state index in [2.05, 4.69) is 0 Å². The molecule has 4 heteroatoms. The van der Waals surface area contributed by atoms with Crippen molar-refractivity contribution in [3.05, 3.63) is 59.9 Å². The summed E-state index contributed by atoms with van der Waals surface area (Å²) in [5.41, 5.74) is 1.86. The molecule has 0 N–H and O–H groups in total. The van der Waals surface area contributed by atoms with E-state index >= 15 is 0 Å². The van der Waals surface area contributed by atoms with Gasteiger partial charge in [0.25, 0.3) is 6.04 Å². The quantitative estimate of drug-likeness (QED) is 0.631. The van der Waals surface area contributed by atoms with E-state index in [0.29, 0.717) is 0 Å². The van der Waals surface area contributed by atoms with Gasteiger partial charge in [0.2, 0.25) is 0 Å². The van der Waals surface area contributed by atoms with E-state index in [-0.39, 0.29) is 5.97 Å². The Morgan fingerprint density at radius 1 is 1.15 bits per heavy atom. The third kappa shape index (κ3) is 2.79. The number of hydrogen-bond acceptors (Lipinski definition) is 3. The average molecular weight is 272 g/mol. The van der Waals surface area contributed by atoms with Crippen LogP contribution in [0.25, 0.3) is 0 Å². The molecule has 1 unspecified atom stereocenters. The molecule has 0 bridgehead atoms. The molecule has 1 aromatic carbocycles. The number of rotatable bonds is 4. The summed E-state index contributed by atoms with van der Waals surface area (Å²) < 4.78 is 12.1. The predicted molar refractivity (Wildman–Crippen MR) is 74.5 cm³/mol. The predicted octanol–water partition coefficient (Wildman–Crippen LogP) is 2.05. The maximum Gasteiger partial charge on any atom is 0.380 e. The molecule has 1 atom stereocenters. The molecule has 0 saturated heterocycles. The van der Waals surface area contributed by atoms with E-state index in [1.54, 1.807) is 7.11 Å². The number of esters is 1. The van der Waals surface area contributed by atoms with Gasteiger partial charge in [0.15, 0.2) is 12.4 Å². The van der Waals surface area contributed by atoms with Gasteiger partial charge in [-0.25, -0.2) is 4.79 Å². The van der Waals surface area contributed by atoms with Crippen LogP contribution in [0.5, 0.6) is 5.75 Å². The van der Waals surface area contributed by atoms with Crippen LogP contribution in [0.4, 0.5) is 0 Å². The Hall–Kier alpha value is -2.36. The maximum atomic E-state index is 12.1. The van der Waals surface area contributed by atoms with Crippen molar-refractivity contribution in [2.24, 2.45) is 0 Å². The van der Waals surface area contributed by atoms with Crippen molar-refractivity contribution in [1.82, 2.24) is 0 Å². The second-order valence-corrected chi connectivity index (χ2v) is 4.48. The molecule has 2 aromatic rings. The van der Waals surface area contributed by atoms with Crippen LogP contribution in [0.3, 0.4) is 0 Å². The highest BCUT2D eigenvalue weighted by Crippen LogP contribution is 2.23. The van der Waals surface area contributed by atoms with Crippen molar-refractivity contribution >= 4 is 5.97 Å². The van der Waals surface area contributed by atoms with E-state index in [4.69, 9.17) is 9.47 Å². The van der Waals surface area contributed by atoms with Gasteiger partial charge in [-0.1, -0.05) is 18.2 Å². The molecule has 0 aliphatic rings. The fourth-order valence-corrected chi connectivity index (χ4v) is 2.13. The number of ether oxygens (including phenoxy) is 2. The first kappa shape index (κ1) is 14.1. The summed E-state index contributed by atoms with van der Waals surface area (Å²) in [6, 6.07) is 10.9. The van der Waals surface area contributed by atoms with Crippen LogP contribution in [-0.2, 0) is 9.53 Å². The number of carbonyl (C=O) groups is 1. The minimum atomic E-state index is -0.518. The maximum absolute atomic E-state index is 12.1. The molecule has 0 aliphatic carbocycles. The number of carbonyl (C=O) groups excluding carboxylic acids is 1. The highest BCUT2D eigenvalue weighted by Gasteiger charge is 2.30. The van der Waals surface area contributed by atoms with Crippen molar-refractivity contribution < 1.29 is 18.8 Å². The van der Waals surface area contributed by atoms with Crippen molar-refractivity contribution in [2.75, 3.05) is 14.2 Å². The van der Waals surface area contributed by atoms with Gasteiger partial charge in [-0.2, -0.15) is 4.57 Å². The zero-order valence-corrected chi connectivity index (χ0v) is 11.9. The molecule has 0 amide bonds. The van der Waals surface area contributed by atoms with E-state index in [1.165, 1.54) is 7.11 Å². The molecule has 0 saturated carbocycles. The van der Waals surface area contributed by atoms with E-state index in [9.17, 15) is 4.79 Å². The smallest absolute Gasteiger partial charge is 0.380 e. The standard InChI is InChI=1S/C16H18NO3/c1-12-7-8-13(11-14(12)19-2)15(16(18)20-3)17-9-5-4-6-10-17/h4-11,15H,1-3H3/q+1. The summed E-state index contributed by atoms with van der Waals surface area (Å²) in [4.78, 5) is 12.1. The van der Waals surface area contributed by atoms with E-state index in [1.807, 2.05) is 60.3 Å². The van der Waals surface area contributed by atoms with Crippen LogP contribution in [-0.4, -0.2) is 20.2 Å². The molecule has 20 heavy (non-hydrogen) atoms. The Bertz CT molecular complexity index is 596. The van der Waals surface area contributed by atoms with Gasteiger partial charge < -0.3 is 9.47 Å². The zero-order chi connectivity index (χ0) is 14.5. The Morgan fingerprint density at radius 2 is 1.85 bits per heavy atom. The fraction of sp³-hybridized carbons (Fsp3) is 0.250. The fourth-order valence-electron chi connectivity index (χ4n) is 2.13. The summed E-state index contributed by atoms with van der Waals surface area (Å²) in [6.45, 7) is 1.96. The average Bonchev–Trinajstić information content (AvgIpc) is 2.50. The first-order valence-corrected chi connectivity index (χ1v) is 6.35. The Kier molecular flexibility index (Phi) is 4.35. The SMILES string of the molecule is COC(=O)C(c1ccc(C)c(OC)c1)[n+]1ccccc1. The molecular weight excluding hydrogens is 254 g/mol. The first-order valence-electron chi connectivity index (χ1n) is 6.35. The molecular formula is C16H18NO3+. The molecule has 104 valence electrons. The topological polar surface area (TPSA) is 39.4 Å². The largest absolute Gasteiger partial charge is 0.496 e. The number of hydrogen-bond donors (Lipinski definition) is 0. The number of aryl methyl sites for hydroxylation is 1. The van der Waals surface area contributed by atoms with E-state index < -0.39 is 6.04 Å². The van der Waals surface area contributed by atoms with Gasteiger partial charge >= 0.3 is 5.97 Å². The monoisotopic (exact) mass is 272 g/mol. The summed E-state index contributed by atoms with van der Waals surface area (Å²) in [5.74, 6) is 0.444. The summed E-state index contributed by atoms with van der Waals surface area (Å²) in [6.07, 6.45) is 3.68. The number of benzene rings is 1. The minimum absolute atomic E-state index is 0.313. The van der Waals surface area contributed by atoms with Gasteiger partial charge in [0.05, 0.1) is 14.2 Å². The number of methoxy groups -OCH3 is 2. The van der Waals surface area contributed by atoms with Crippen molar-refractivity contribution in [3.8, 4) is 5.75 Å². The summed E-state index contributed by atoms with van der Waals surface area (Å²) in [5, 5.41) is 0. The molecule has 0 spiro atoms. The number of pyridine rings is 1. The van der Waals surface area contributed by atoms with Gasteiger partial charge in [-0.05, 0) is 18.6 Å². The van der Waals surface area contributed by atoms with Crippen molar-refractivity contribution in [2.45, 2.75) is 13.0 Å². The van der Waals surface area contributed by atoms with Gasteiger partial charge in [-0.15, -0.1) is 0 Å². The molecule has 4 nitrogen and oxygen atoms in total. The molecule has 2 rings (SSSR count). The second-order valence-electron chi connectivity index (χ2n) is 4.48. The van der Waals surface area contributed by atoms with Gasteiger partial charge in [0.1, 0.15) is 5.75 Å². The van der Waals surface area contributed by atoms with Gasteiger partial charge in [0, 0.05) is 17.7 Å². The number of aromatic nitrogens is 1. The van der Waals surface area contributed by atoms with Crippen LogP contribution in [0, 0.1) is 6.92 Å².